The van der Waals surface area contributed by atoms with Crippen LogP contribution in [0.3, 0.4) is 0 Å². The first kappa shape index (κ1) is 38.5. The van der Waals surface area contributed by atoms with Crippen molar-refractivity contribution in [3.63, 3.8) is 0 Å². The number of unbranched alkanes of at least 4 members (excludes halogenated alkanes) is 1. The Hall–Kier alpha value is -3.92. The first-order valence-electron chi connectivity index (χ1n) is 16.7. The summed E-state index contributed by atoms with van der Waals surface area (Å²) in [7, 11) is 0. The Labute approximate surface area is 283 Å². The molecule has 260 valence electrons. The normalized spacial score (nSPS) is 12.6. The van der Waals surface area contributed by atoms with E-state index in [0.717, 1.165) is 22.4 Å². The van der Waals surface area contributed by atoms with E-state index in [0.29, 0.717) is 85.0 Å². The van der Waals surface area contributed by atoms with E-state index < -0.39 is 17.6 Å². The van der Waals surface area contributed by atoms with Crippen LogP contribution in [0, 0.1) is 17.8 Å². The topological polar surface area (TPSA) is 146 Å². The van der Waals surface area contributed by atoms with Crippen molar-refractivity contribution < 1.29 is 38.1 Å². The quantitative estimate of drug-likeness (QED) is 0.104. The van der Waals surface area contributed by atoms with Gasteiger partial charge in [-0.1, -0.05) is 56.0 Å². The van der Waals surface area contributed by atoms with Crippen LogP contribution in [0.5, 0.6) is 0 Å². The number of para-hydroxylation sites is 1. The van der Waals surface area contributed by atoms with Crippen molar-refractivity contribution in [2.24, 2.45) is 11.7 Å². The third kappa shape index (κ3) is 13.7. The first-order chi connectivity index (χ1) is 23.3. The lowest BCUT2D eigenvalue weighted by Gasteiger charge is -2.26. The Morgan fingerprint density at radius 1 is 0.750 bits per heavy atom. The molecule has 1 aliphatic rings. The average molecular weight is 664 g/mol. The van der Waals surface area contributed by atoms with E-state index in [2.05, 4.69) is 17.2 Å². The number of anilines is 1. The summed E-state index contributed by atoms with van der Waals surface area (Å²) in [5.74, 6) is 5.24. The molecule has 11 heteroatoms. The highest BCUT2D eigenvalue weighted by Gasteiger charge is 2.24. The number of nitrogens with zero attached hydrogens (tertiary/aromatic N) is 1. The fourth-order valence-electron chi connectivity index (χ4n) is 4.79. The van der Waals surface area contributed by atoms with Gasteiger partial charge < -0.3 is 34.9 Å². The Morgan fingerprint density at radius 2 is 1.31 bits per heavy atom. The molecule has 0 spiro atoms. The molecule has 3 N–H and O–H groups in total. The molecule has 1 aliphatic heterocycles. The molecule has 2 aromatic rings. The van der Waals surface area contributed by atoms with Crippen molar-refractivity contribution in [2.45, 2.75) is 58.5 Å². The third-order valence-corrected chi connectivity index (χ3v) is 7.67. The minimum absolute atomic E-state index is 0.0106. The first-order valence-corrected chi connectivity index (χ1v) is 16.7. The molecule has 0 unspecified atom stereocenters. The maximum atomic E-state index is 13.3. The fourth-order valence-corrected chi connectivity index (χ4v) is 4.79. The minimum Gasteiger partial charge on any atom is -0.379 e. The number of fused-ring (bicyclic) bond motifs is 2. The van der Waals surface area contributed by atoms with Gasteiger partial charge in [0.1, 0.15) is 0 Å². The lowest BCUT2D eigenvalue weighted by atomic mass is 9.97. The number of nitrogens with two attached hydrogens (primary N) is 1. The zero-order valence-corrected chi connectivity index (χ0v) is 28.2. The molecule has 0 saturated heterocycles. The zero-order chi connectivity index (χ0) is 34.6. The molecule has 0 radical (unpaired) electrons. The zero-order valence-electron chi connectivity index (χ0n) is 28.2. The van der Waals surface area contributed by atoms with Crippen LogP contribution in [0.25, 0.3) is 0 Å². The number of rotatable bonds is 23. The number of hydrogen-bond donors (Lipinski definition) is 2. The molecule has 48 heavy (non-hydrogen) atoms. The second kappa shape index (κ2) is 21.9. The van der Waals surface area contributed by atoms with E-state index in [1.807, 2.05) is 48.5 Å². The maximum Gasteiger partial charge on any atom is 0.227 e. The number of nitrogens with one attached hydrogen (secondary N) is 1. The summed E-state index contributed by atoms with van der Waals surface area (Å²) < 4.78 is 21.7. The van der Waals surface area contributed by atoms with E-state index >= 15 is 0 Å². The highest BCUT2D eigenvalue weighted by molar-refractivity contribution is 6.39. The molecule has 1 atom stereocenters. The third-order valence-electron chi connectivity index (χ3n) is 7.67. The Bertz CT molecular complexity index is 1400. The van der Waals surface area contributed by atoms with Crippen LogP contribution in [-0.4, -0.2) is 88.8 Å². The van der Waals surface area contributed by atoms with Crippen molar-refractivity contribution in [1.82, 2.24) is 5.32 Å². The predicted molar refractivity (Wildman–Crippen MR) is 182 cm³/mol. The van der Waals surface area contributed by atoms with Gasteiger partial charge >= 0.3 is 0 Å². The summed E-state index contributed by atoms with van der Waals surface area (Å²) >= 11 is 0. The minimum atomic E-state index is -0.769. The van der Waals surface area contributed by atoms with Gasteiger partial charge in [0.25, 0.3) is 0 Å². The molecular weight excluding hydrogens is 614 g/mol. The molecule has 0 saturated carbocycles. The van der Waals surface area contributed by atoms with Crippen molar-refractivity contribution in [3.05, 3.63) is 65.2 Å². The van der Waals surface area contributed by atoms with Crippen LogP contribution in [-0.2, 0) is 44.7 Å². The highest BCUT2D eigenvalue weighted by atomic mass is 16.6. The van der Waals surface area contributed by atoms with E-state index in [1.165, 1.54) is 0 Å². The number of amides is 2. The van der Waals surface area contributed by atoms with Gasteiger partial charge in [-0.2, -0.15) is 0 Å². The Balaban J connectivity index is 1.15. The Kier molecular flexibility index (Phi) is 17.5. The van der Waals surface area contributed by atoms with E-state index in [4.69, 9.17) is 24.7 Å². The van der Waals surface area contributed by atoms with Crippen LogP contribution in [0.1, 0.15) is 62.6 Å². The highest BCUT2D eigenvalue weighted by Crippen LogP contribution is 2.26. The van der Waals surface area contributed by atoms with Gasteiger partial charge in [0.2, 0.25) is 23.4 Å². The van der Waals surface area contributed by atoms with E-state index in [1.54, 1.807) is 18.7 Å². The number of Topliss-reactive ketones (excluding diaryl/α,β-unsaturated/α-hetero) is 2. The molecule has 0 aliphatic carbocycles. The van der Waals surface area contributed by atoms with Gasteiger partial charge in [0.05, 0.1) is 71.1 Å². The number of ether oxygens (including phenoxy) is 4. The van der Waals surface area contributed by atoms with Crippen molar-refractivity contribution in [1.29, 1.82) is 0 Å². The lowest BCUT2D eigenvalue weighted by molar-refractivity contribution is -0.138. The van der Waals surface area contributed by atoms with Crippen LogP contribution >= 0.6 is 0 Å². The second-order valence-electron chi connectivity index (χ2n) is 11.7. The van der Waals surface area contributed by atoms with Gasteiger partial charge in [-0.15, -0.1) is 0 Å². The molecular formula is C37H49N3O8. The van der Waals surface area contributed by atoms with Crippen LogP contribution in [0.2, 0.25) is 0 Å². The second-order valence-corrected chi connectivity index (χ2v) is 11.7. The number of benzene rings is 2. The molecule has 2 aromatic carbocycles. The summed E-state index contributed by atoms with van der Waals surface area (Å²) in [6, 6.07) is 14.8. The van der Waals surface area contributed by atoms with Gasteiger partial charge in [-0.3, -0.25) is 19.2 Å². The summed E-state index contributed by atoms with van der Waals surface area (Å²) in [6.07, 6.45) is 1.92. The molecule has 0 bridgehead atoms. The van der Waals surface area contributed by atoms with Gasteiger partial charge in [-0.25, -0.2) is 0 Å². The lowest BCUT2D eigenvalue weighted by Crippen LogP contribution is -2.40. The molecule has 11 nitrogen and oxygen atoms in total. The van der Waals surface area contributed by atoms with Crippen LogP contribution < -0.4 is 16.0 Å². The number of carbonyl (C=O) groups is 4. The van der Waals surface area contributed by atoms with Crippen LogP contribution in [0.15, 0.2) is 48.5 Å². The van der Waals surface area contributed by atoms with Gasteiger partial charge in [-0.05, 0) is 42.5 Å². The summed E-state index contributed by atoms with van der Waals surface area (Å²) in [6.45, 7) is 7.21. The monoisotopic (exact) mass is 663 g/mol. The van der Waals surface area contributed by atoms with Crippen molar-refractivity contribution in [3.8, 4) is 11.8 Å². The van der Waals surface area contributed by atoms with Crippen LogP contribution in [0.4, 0.5) is 5.69 Å². The van der Waals surface area contributed by atoms with Gasteiger partial charge in [0, 0.05) is 36.9 Å². The number of hydrogen-bond acceptors (Lipinski definition) is 9. The van der Waals surface area contributed by atoms with Crippen molar-refractivity contribution in [2.75, 3.05) is 64.3 Å². The molecule has 0 fully saturated rings. The summed E-state index contributed by atoms with van der Waals surface area (Å²) in [5, 5.41) is 2.85. The molecule has 1 heterocycles. The summed E-state index contributed by atoms with van der Waals surface area (Å²) in [5.41, 5.74) is 9.29. The molecule has 2 amide bonds. The maximum absolute atomic E-state index is 13.3. The molecule has 3 rings (SSSR count). The van der Waals surface area contributed by atoms with Gasteiger partial charge in [0.15, 0.2) is 0 Å². The van der Waals surface area contributed by atoms with Crippen molar-refractivity contribution >= 4 is 29.1 Å². The molecule has 0 aromatic heterocycles. The largest absolute Gasteiger partial charge is 0.379 e. The number of ketones is 2. The smallest absolute Gasteiger partial charge is 0.227 e. The van der Waals surface area contributed by atoms with E-state index in [-0.39, 0.29) is 30.8 Å². The van der Waals surface area contributed by atoms with E-state index in [9.17, 15) is 19.2 Å². The predicted octanol–water partition coefficient (Wildman–Crippen LogP) is 3.19. The standard InChI is InChI=1S/C37H49N3O8/c1-28(2)36(38)37(44)33(41)17-19-45-21-23-47-25-26-48-24-22-46-20-18-39-34(42)13-7-8-14-35(43)40-27-31-11-4-3-9-29(31)15-16-30-10-5-6-12-32(30)40/h3-6,9-12,28,36H,7-8,13-14,17-27,38H2,1-2H3,(H,39,42)/t36-/m0/s1. The average Bonchev–Trinajstić information content (AvgIpc) is 3.08. The number of carbonyl (C=O) groups excluding carboxylic acids is 4. The SMILES string of the molecule is CC(C)[C@H](N)C(=O)C(=O)CCOCCOCCOCCOCCNC(=O)CCCCC(=O)N1Cc2ccccc2C#Cc2ccccc21. The summed E-state index contributed by atoms with van der Waals surface area (Å²) in [4.78, 5) is 51.0. The fraction of sp³-hybridized carbons (Fsp3) is 0.514. The Morgan fingerprint density at radius 3 is 2.00 bits per heavy atom.